The van der Waals surface area contributed by atoms with Crippen LogP contribution in [0.2, 0.25) is 0 Å². The van der Waals surface area contributed by atoms with Gasteiger partial charge in [0.05, 0.1) is 0 Å². The van der Waals surface area contributed by atoms with Gasteiger partial charge in [-0.05, 0) is 18.2 Å². The van der Waals surface area contributed by atoms with E-state index in [0.29, 0.717) is 0 Å². The molecule has 0 aliphatic rings. The molecule has 0 heterocycles. The zero-order valence-corrected chi connectivity index (χ0v) is 7.40. The van der Waals surface area contributed by atoms with Crippen molar-refractivity contribution in [3.05, 3.63) is 29.6 Å². The molecule has 1 rings (SSSR count). The number of nitrogens with two attached hydrogens (primary N) is 2. The van der Waals surface area contributed by atoms with Crippen LogP contribution in [0, 0.1) is 5.82 Å². The van der Waals surface area contributed by atoms with Gasteiger partial charge in [-0.3, -0.25) is 4.79 Å². The van der Waals surface area contributed by atoms with Crippen molar-refractivity contribution in [1.82, 2.24) is 0 Å². The van der Waals surface area contributed by atoms with Gasteiger partial charge in [-0.1, -0.05) is 0 Å². The first-order chi connectivity index (χ1) is 6.50. The van der Waals surface area contributed by atoms with Gasteiger partial charge in [0, 0.05) is 18.0 Å². The third-order valence-electron chi connectivity index (χ3n) is 1.81. The fourth-order valence-corrected chi connectivity index (χ4v) is 1.15. The van der Waals surface area contributed by atoms with Crippen LogP contribution in [-0.4, -0.2) is 11.0 Å². The highest BCUT2D eigenvalue weighted by Gasteiger charge is 2.13. The molecule has 1 aromatic rings. The molecule has 4 nitrogen and oxygen atoms in total. The zero-order valence-electron chi connectivity index (χ0n) is 7.40. The minimum absolute atomic E-state index is 0.128. The van der Waals surface area contributed by atoms with Crippen molar-refractivity contribution in [1.29, 1.82) is 0 Å². The Morgan fingerprint density at radius 1 is 1.57 bits per heavy atom. The average Bonchev–Trinajstić information content (AvgIpc) is 2.08. The van der Waals surface area contributed by atoms with E-state index in [2.05, 4.69) is 0 Å². The van der Waals surface area contributed by atoms with E-state index >= 15 is 0 Å². The van der Waals surface area contributed by atoms with E-state index in [1.807, 2.05) is 0 Å². The molecule has 1 atom stereocenters. The average molecular weight is 198 g/mol. The number of primary amides is 1. The van der Waals surface area contributed by atoms with E-state index in [1.165, 1.54) is 6.07 Å². The predicted molar refractivity (Wildman–Crippen MR) is 48.8 cm³/mol. The van der Waals surface area contributed by atoms with Crippen LogP contribution in [0.25, 0.3) is 0 Å². The van der Waals surface area contributed by atoms with Crippen LogP contribution in [0.4, 0.5) is 4.39 Å². The summed E-state index contributed by atoms with van der Waals surface area (Å²) < 4.78 is 12.8. The van der Waals surface area contributed by atoms with Gasteiger partial charge < -0.3 is 16.6 Å². The molecule has 5 heteroatoms. The molecular formula is C9H11FN2O2. The molecule has 1 aromatic carbocycles. The van der Waals surface area contributed by atoms with Crippen molar-refractivity contribution in [3.8, 4) is 5.75 Å². The molecule has 0 aromatic heterocycles. The van der Waals surface area contributed by atoms with E-state index in [1.54, 1.807) is 0 Å². The van der Waals surface area contributed by atoms with Crippen molar-refractivity contribution in [2.75, 3.05) is 0 Å². The largest absolute Gasteiger partial charge is 0.508 e. The normalized spacial score (nSPS) is 12.4. The van der Waals surface area contributed by atoms with Crippen molar-refractivity contribution in [2.45, 2.75) is 12.5 Å². The van der Waals surface area contributed by atoms with Gasteiger partial charge in [-0.25, -0.2) is 4.39 Å². The minimum Gasteiger partial charge on any atom is -0.508 e. The number of hydrogen-bond donors (Lipinski definition) is 3. The van der Waals surface area contributed by atoms with Gasteiger partial charge in [-0.15, -0.1) is 0 Å². The van der Waals surface area contributed by atoms with Crippen LogP contribution < -0.4 is 11.5 Å². The summed E-state index contributed by atoms with van der Waals surface area (Å²) in [5.74, 6) is -1.25. The number of phenols is 1. The van der Waals surface area contributed by atoms with Crippen molar-refractivity contribution >= 4 is 5.91 Å². The zero-order chi connectivity index (χ0) is 10.7. The number of carbonyl (C=O) groups is 1. The van der Waals surface area contributed by atoms with Crippen molar-refractivity contribution in [2.24, 2.45) is 11.5 Å². The Morgan fingerprint density at radius 3 is 2.79 bits per heavy atom. The summed E-state index contributed by atoms with van der Waals surface area (Å²) in [6.45, 7) is 0. The number of carbonyl (C=O) groups excluding carboxylic acids is 1. The molecule has 1 amide bonds. The van der Waals surface area contributed by atoms with Crippen LogP contribution in [0.3, 0.4) is 0 Å². The van der Waals surface area contributed by atoms with Crippen LogP contribution in [0.5, 0.6) is 5.75 Å². The first-order valence-electron chi connectivity index (χ1n) is 4.03. The topological polar surface area (TPSA) is 89.3 Å². The summed E-state index contributed by atoms with van der Waals surface area (Å²) >= 11 is 0. The van der Waals surface area contributed by atoms with Crippen LogP contribution in [0.15, 0.2) is 18.2 Å². The van der Waals surface area contributed by atoms with Crippen LogP contribution in [-0.2, 0) is 4.79 Å². The molecule has 0 fully saturated rings. The van der Waals surface area contributed by atoms with Crippen LogP contribution in [0.1, 0.15) is 18.0 Å². The number of aromatic hydroxyl groups is 1. The Balaban J connectivity index is 2.93. The van der Waals surface area contributed by atoms with Gasteiger partial charge in [0.15, 0.2) is 0 Å². The highest BCUT2D eigenvalue weighted by molar-refractivity contribution is 5.74. The van der Waals surface area contributed by atoms with E-state index in [0.717, 1.165) is 12.1 Å². The van der Waals surface area contributed by atoms with Gasteiger partial charge in [0.2, 0.25) is 5.91 Å². The number of benzene rings is 1. The summed E-state index contributed by atoms with van der Waals surface area (Å²) in [6.07, 6.45) is -0.128. The molecule has 0 saturated carbocycles. The maximum Gasteiger partial charge on any atom is 0.219 e. The Kier molecular flexibility index (Phi) is 3.03. The lowest BCUT2D eigenvalue weighted by molar-refractivity contribution is -0.118. The summed E-state index contributed by atoms with van der Waals surface area (Å²) in [6, 6.07) is 2.60. The van der Waals surface area contributed by atoms with Gasteiger partial charge in [0.1, 0.15) is 11.6 Å². The van der Waals surface area contributed by atoms with Gasteiger partial charge in [0.25, 0.3) is 0 Å². The standard InChI is InChI=1S/C9H11FN2O2/c10-5-1-2-8(13)6(3-5)7(11)4-9(12)14/h1-3,7,13H,4,11H2,(H2,12,14). The Morgan fingerprint density at radius 2 is 2.21 bits per heavy atom. The van der Waals surface area contributed by atoms with Crippen LogP contribution >= 0.6 is 0 Å². The first kappa shape index (κ1) is 10.5. The summed E-state index contributed by atoms with van der Waals surface area (Å²) in [5.41, 5.74) is 10.6. The second-order valence-corrected chi connectivity index (χ2v) is 2.98. The lowest BCUT2D eigenvalue weighted by Gasteiger charge is -2.11. The lowest BCUT2D eigenvalue weighted by Crippen LogP contribution is -2.20. The quantitative estimate of drug-likeness (QED) is 0.657. The number of phenolic OH excluding ortho intramolecular Hbond substituents is 1. The number of amides is 1. The molecular weight excluding hydrogens is 187 g/mol. The third kappa shape index (κ3) is 2.43. The predicted octanol–water partition coefficient (Wildman–Crippen LogP) is 0.407. The first-order valence-corrected chi connectivity index (χ1v) is 4.03. The smallest absolute Gasteiger partial charge is 0.219 e. The minimum atomic E-state index is -0.775. The summed E-state index contributed by atoms with van der Waals surface area (Å²) in [4.78, 5) is 10.5. The second kappa shape index (κ2) is 4.06. The molecule has 1 unspecified atom stereocenters. The van der Waals surface area contributed by atoms with Gasteiger partial charge >= 0.3 is 0 Å². The number of halogens is 1. The SMILES string of the molecule is NC(=O)CC(N)c1cc(F)ccc1O. The highest BCUT2D eigenvalue weighted by atomic mass is 19.1. The van der Waals surface area contributed by atoms with E-state index < -0.39 is 17.8 Å². The highest BCUT2D eigenvalue weighted by Crippen LogP contribution is 2.25. The van der Waals surface area contributed by atoms with E-state index in [4.69, 9.17) is 11.5 Å². The molecule has 0 aliphatic carbocycles. The maximum absolute atomic E-state index is 12.8. The fourth-order valence-electron chi connectivity index (χ4n) is 1.15. The summed E-state index contributed by atoms with van der Waals surface area (Å²) in [7, 11) is 0. The van der Waals surface area contributed by atoms with E-state index in [-0.39, 0.29) is 17.7 Å². The molecule has 0 bridgehead atoms. The molecule has 0 aliphatic heterocycles. The Hall–Kier alpha value is -1.62. The molecule has 14 heavy (non-hydrogen) atoms. The lowest BCUT2D eigenvalue weighted by atomic mass is 10.0. The van der Waals surface area contributed by atoms with Gasteiger partial charge in [-0.2, -0.15) is 0 Å². The molecule has 5 N–H and O–H groups in total. The van der Waals surface area contributed by atoms with E-state index in [9.17, 15) is 14.3 Å². The number of hydrogen-bond acceptors (Lipinski definition) is 3. The number of rotatable bonds is 3. The van der Waals surface area contributed by atoms with Crippen molar-refractivity contribution in [3.63, 3.8) is 0 Å². The molecule has 0 spiro atoms. The Bertz CT molecular complexity index is 355. The van der Waals surface area contributed by atoms with Crippen molar-refractivity contribution < 1.29 is 14.3 Å². The molecule has 76 valence electrons. The monoisotopic (exact) mass is 198 g/mol. The summed E-state index contributed by atoms with van der Waals surface area (Å²) in [5, 5.41) is 9.32. The Labute approximate surface area is 80.3 Å². The fraction of sp³-hybridized carbons (Fsp3) is 0.222. The maximum atomic E-state index is 12.8. The molecule has 0 saturated heterocycles. The third-order valence-corrected chi connectivity index (χ3v) is 1.81. The molecule has 0 radical (unpaired) electrons. The second-order valence-electron chi connectivity index (χ2n) is 2.98.